The molecule has 3 rings (SSSR count). The zero-order valence-corrected chi connectivity index (χ0v) is 8.09. The molecule has 3 atom stereocenters. The van der Waals surface area contributed by atoms with E-state index in [1.165, 1.54) is 0 Å². The van der Waals surface area contributed by atoms with Gasteiger partial charge in [0.15, 0.2) is 0 Å². The number of rotatable bonds is 0. The van der Waals surface area contributed by atoms with Gasteiger partial charge in [-0.25, -0.2) is 0 Å². The van der Waals surface area contributed by atoms with Crippen molar-refractivity contribution in [3.05, 3.63) is 0 Å². The predicted octanol–water partition coefficient (Wildman–Crippen LogP) is 1.31. The standard InChI is InChI=1S/C10H18O2/c1-8(2)7-4-5-9(3,11)10(8,12)6-7/h7,11-12H,4-6H2,1-3H3/t7?,9?,10-/m1/s1. The van der Waals surface area contributed by atoms with Gasteiger partial charge in [-0.15, -0.1) is 0 Å². The minimum absolute atomic E-state index is 0.0885. The van der Waals surface area contributed by atoms with Crippen LogP contribution in [0.2, 0.25) is 0 Å². The van der Waals surface area contributed by atoms with Crippen molar-refractivity contribution >= 4 is 0 Å². The zero-order chi connectivity index (χ0) is 9.20. The average molecular weight is 170 g/mol. The first kappa shape index (κ1) is 8.52. The molecule has 0 aromatic carbocycles. The van der Waals surface area contributed by atoms with Crippen LogP contribution in [-0.4, -0.2) is 21.4 Å². The molecule has 2 nitrogen and oxygen atoms in total. The maximum absolute atomic E-state index is 10.2. The molecule has 2 heteroatoms. The molecule has 2 bridgehead atoms. The second kappa shape index (κ2) is 1.88. The average Bonchev–Trinajstić information content (AvgIpc) is 1.94. The molecule has 3 fully saturated rings. The molecular formula is C10H18O2. The van der Waals surface area contributed by atoms with E-state index in [2.05, 4.69) is 13.8 Å². The minimum Gasteiger partial charge on any atom is -0.387 e. The lowest BCUT2D eigenvalue weighted by molar-refractivity contribution is -0.312. The lowest BCUT2D eigenvalue weighted by Crippen LogP contribution is -2.74. The molecule has 0 radical (unpaired) electrons. The van der Waals surface area contributed by atoms with E-state index in [0.29, 0.717) is 5.92 Å². The van der Waals surface area contributed by atoms with E-state index in [1.54, 1.807) is 6.92 Å². The summed E-state index contributed by atoms with van der Waals surface area (Å²) >= 11 is 0. The van der Waals surface area contributed by atoms with Crippen LogP contribution in [-0.2, 0) is 0 Å². The highest BCUT2D eigenvalue weighted by molar-refractivity contribution is 5.20. The van der Waals surface area contributed by atoms with Gasteiger partial charge in [0.05, 0.1) is 11.2 Å². The Balaban J connectivity index is 2.37. The highest BCUT2D eigenvalue weighted by Crippen LogP contribution is 2.65. The summed E-state index contributed by atoms with van der Waals surface area (Å²) in [6.45, 7) is 5.90. The second-order valence-electron chi connectivity index (χ2n) is 5.30. The van der Waals surface area contributed by atoms with Crippen LogP contribution >= 0.6 is 0 Å². The Morgan fingerprint density at radius 2 is 1.75 bits per heavy atom. The summed E-state index contributed by atoms with van der Waals surface area (Å²) in [6, 6.07) is 0. The fraction of sp³-hybridized carbons (Fsp3) is 1.00. The van der Waals surface area contributed by atoms with E-state index in [0.717, 1.165) is 19.3 Å². The molecule has 0 aromatic rings. The Kier molecular flexibility index (Phi) is 1.33. The summed E-state index contributed by atoms with van der Waals surface area (Å²) in [5.74, 6) is 0.614. The summed E-state index contributed by atoms with van der Waals surface area (Å²) < 4.78 is 0. The van der Waals surface area contributed by atoms with Crippen LogP contribution in [0.3, 0.4) is 0 Å². The molecule has 12 heavy (non-hydrogen) atoms. The Bertz CT molecular complexity index is 210. The number of hydrogen-bond donors (Lipinski definition) is 2. The van der Waals surface area contributed by atoms with Gasteiger partial charge >= 0.3 is 0 Å². The van der Waals surface area contributed by atoms with E-state index in [9.17, 15) is 10.2 Å². The maximum atomic E-state index is 10.2. The van der Waals surface area contributed by atoms with E-state index >= 15 is 0 Å². The Morgan fingerprint density at radius 1 is 1.17 bits per heavy atom. The molecule has 0 amide bonds. The van der Waals surface area contributed by atoms with Gasteiger partial charge < -0.3 is 10.2 Å². The topological polar surface area (TPSA) is 40.5 Å². The van der Waals surface area contributed by atoms with Gasteiger partial charge in [0, 0.05) is 0 Å². The van der Waals surface area contributed by atoms with Crippen LogP contribution in [0.5, 0.6) is 0 Å². The smallest absolute Gasteiger partial charge is 0.0986 e. The molecule has 0 saturated heterocycles. The number of aliphatic hydroxyl groups is 2. The first-order valence-corrected chi connectivity index (χ1v) is 4.76. The molecule has 0 spiro atoms. The number of fused-ring (bicyclic) bond motifs is 2. The van der Waals surface area contributed by atoms with Gasteiger partial charge in [-0.05, 0) is 37.5 Å². The highest BCUT2D eigenvalue weighted by Gasteiger charge is 2.69. The zero-order valence-electron chi connectivity index (χ0n) is 8.09. The lowest BCUT2D eigenvalue weighted by Gasteiger charge is -2.68. The molecule has 0 aliphatic heterocycles. The SMILES string of the molecule is CC1(O)CCC2C[C@@]1(O)C2(C)C. The van der Waals surface area contributed by atoms with Crippen molar-refractivity contribution in [1.29, 1.82) is 0 Å². The third-order valence-electron chi connectivity index (χ3n) is 4.50. The van der Waals surface area contributed by atoms with Crippen LogP contribution in [0.1, 0.15) is 40.0 Å². The lowest BCUT2D eigenvalue weighted by atomic mass is 9.41. The van der Waals surface area contributed by atoms with Crippen molar-refractivity contribution in [3.8, 4) is 0 Å². The van der Waals surface area contributed by atoms with Crippen molar-refractivity contribution in [2.45, 2.75) is 51.2 Å². The van der Waals surface area contributed by atoms with E-state index < -0.39 is 11.2 Å². The third kappa shape index (κ3) is 0.647. The number of hydrogen-bond acceptors (Lipinski definition) is 2. The molecule has 3 saturated carbocycles. The first-order chi connectivity index (χ1) is 5.31. The van der Waals surface area contributed by atoms with E-state index in [4.69, 9.17) is 0 Å². The van der Waals surface area contributed by atoms with Crippen LogP contribution in [0, 0.1) is 11.3 Å². The summed E-state index contributed by atoms with van der Waals surface area (Å²) in [6.07, 6.45) is 2.59. The maximum Gasteiger partial charge on any atom is 0.0986 e. The molecule has 0 heterocycles. The quantitative estimate of drug-likeness (QED) is 0.575. The van der Waals surface area contributed by atoms with Gasteiger partial charge in [0.25, 0.3) is 0 Å². The van der Waals surface area contributed by atoms with Crippen molar-refractivity contribution in [2.75, 3.05) is 0 Å². The molecule has 2 unspecified atom stereocenters. The summed E-state index contributed by atoms with van der Waals surface area (Å²) in [5, 5.41) is 20.3. The van der Waals surface area contributed by atoms with Crippen LogP contribution in [0.15, 0.2) is 0 Å². The van der Waals surface area contributed by atoms with Gasteiger partial charge in [0.2, 0.25) is 0 Å². The van der Waals surface area contributed by atoms with Crippen molar-refractivity contribution < 1.29 is 10.2 Å². The molecular weight excluding hydrogens is 152 g/mol. The third-order valence-corrected chi connectivity index (χ3v) is 4.50. The summed E-state index contributed by atoms with van der Waals surface area (Å²) in [5.41, 5.74) is -1.79. The van der Waals surface area contributed by atoms with Crippen LogP contribution in [0.25, 0.3) is 0 Å². The largest absolute Gasteiger partial charge is 0.387 e. The predicted molar refractivity (Wildman–Crippen MR) is 46.7 cm³/mol. The minimum atomic E-state index is -0.870. The van der Waals surface area contributed by atoms with Crippen LogP contribution in [0.4, 0.5) is 0 Å². The van der Waals surface area contributed by atoms with Crippen LogP contribution < -0.4 is 0 Å². The highest BCUT2D eigenvalue weighted by atomic mass is 16.4. The van der Waals surface area contributed by atoms with Crippen molar-refractivity contribution in [1.82, 2.24) is 0 Å². The van der Waals surface area contributed by atoms with Gasteiger partial charge in [-0.2, -0.15) is 0 Å². The molecule has 70 valence electrons. The Hall–Kier alpha value is -0.0800. The van der Waals surface area contributed by atoms with Gasteiger partial charge in [0.1, 0.15) is 0 Å². The van der Waals surface area contributed by atoms with Crippen molar-refractivity contribution in [3.63, 3.8) is 0 Å². The van der Waals surface area contributed by atoms with Crippen molar-refractivity contribution in [2.24, 2.45) is 11.3 Å². The summed E-state index contributed by atoms with van der Waals surface area (Å²) in [4.78, 5) is 0. The van der Waals surface area contributed by atoms with E-state index in [1.807, 2.05) is 0 Å². The van der Waals surface area contributed by atoms with Gasteiger partial charge in [-0.1, -0.05) is 13.8 Å². The Labute approximate surface area is 73.6 Å². The Morgan fingerprint density at radius 3 is 2.08 bits per heavy atom. The fourth-order valence-electron chi connectivity index (χ4n) is 3.12. The second-order valence-corrected chi connectivity index (χ2v) is 5.30. The van der Waals surface area contributed by atoms with Gasteiger partial charge in [-0.3, -0.25) is 0 Å². The molecule has 0 aromatic heterocycles. The molecule has 3 aliphatic carbocycles. The molecule has 3 aliphatic rings. The monoisotopic (exact) mass is 170 g/mol. The summed E-state index contributed by atoms with van der Waals surface area (Å²) in [7, 11) is 0. The molecule has 2 N–H and O–H groups in total. The fourth-order valence-corrected chi connectivity index (χ4v) is 3.12. The first-order valence-electron chi connectivity index (χ1n) is 4.76. The van der Waals surface area contributed by atoms with E-state index in [-0.39, 0.29) is 5.41 Å². The normalized spacial score (nSPS) is 56.2.